The van der Waals surface area contributed by atoms with Crippen molar-refractivity contribution in [1.29, 1.82) is 0 Å². The molecule has 17 heavy (non-hydrogen) atoms. The van der Waals surface area contributed by atoms with Gasteiger partial charge in [-0.1, -0.05) is 12.1 Å². The first-order valence-corrected chi connectivity index (χ1v) is 5.13. The number of rotatable bonds is 3. The quantitative estimate of drug-likeness (QED) is 0.761. The third kappa shape index (κ3) is 2.78. The van der Waals surface area contributed by atoms with Gasteiger partial charge in [-0.15, -0.1) is 0 Å². The molecule has 2 nitrogen and oxygen atoms in total. The van der Waals surface area contributed by atoms with Gasteiger partial charge in [-0.3, -0.25) is 4.79 Å². The van der Waals surface area contributed by atoms with E-state index < -0.39 is 17.5 Å². The van der Waals surface area contributed by atoms with Crippen molar-refractivity contribution in [3.05, 3.63) is 28.8 Å². The Morgan fingerprint density at radius 2 is 1.94 bits per heavy atom. The van der Waals surface area contributed by atoms with Crippen molar-refractivity contribution in [2.45, 2.75) is 26.9 Å². The zero-order chi connectivity index (χ0) is 13.2. The molecule has 0 spiro atoms. The van der Waals surface area contributed by atoms with Crippen molar-refractivity contribution in [1.82, 2.24) is 0 Å². The van der Waals surface area contributed by atoms with Crippen LogP contribution in [0.15, 0.2) is 12.1 Å². The molecule has 0 aliphatic rings. The molecule has 0 aromatic heterocycles. The first-order valence-electron chi connectivity index (χ1n) is 5.13. The van der Waals surface area contributed by atoms with E-state index >= 15 is 0 Å². The summed E-state index contributed by atoms with van der Waals surface area (Å²) < 4.78 is 43.8. The fourth-order valence-electron chi connectivity index (χ4n) is 1.59. The first kappa shape index (κ1) is 13.5. The number of ether oxygens (including phenoxy) is 1. The Balaban J connectivity index is 3.56. The fraction of sp³-hybridized carbons (Fsp3) is 0.417. The van der Waals surface area contributed by atoms with Crippen LogP contribution in [0.2, 0.25) is 0 Å². The monoisotopic (exact) mass is 246 g/mol. The number of ketones is 1. The average molecular weight is 246 g/mol. The molecule has 1 aromatic carbocycles. The minimum atomic E-state index is -4.60. The van der Waals surface area contributed by atoms with Crippen molar-refractivity contribution in [3.63, 3.8) is 0 Å². The Bertz CT molecular complexity index is 436. The van der Waals surface area contributed by atoms with Gasteiger partial charge < -0.3 is 4.74 Å². The summed E-state index contributed by atoms with van der Waals surface area (Å²) in [6.07, 6.45) is -4.60. The Morgan fingerprint density at radius 3 is 2.35 bits per heavy atom. The molecule has 0 heterocycles. The van der Waals surface area contributed by atoms with Crippen LogP contribution in [0.1, 0.15) is 35.3 Å². The smallest absolute Gasteiger partial charge is 0.420 e. The summed E-state index contributed by atoms with van der Waals surface area (Å²) in [5.41, 5.74) is -0.970. The molecular weight excluding hydrogens is 233 g/mol. The predicted octanol–water partition coefficient (Wildman–Crippen LogP) is 3.62. The van der Waals surface area contributed by atoms with E-state index in [1.807, 2.05) is 0 Å². The summed E-state index contributed by atoms with van der Waals surface area (Å²) in [6.45, 7) is 4.34. The van der Waals surface area contributed by atoms with E-state index in [0.29, 0.717) is 5.56 Å². The second kappa shape index (κ2) is 4.77. The van der Waals surface area contributed by atoms with Crippen LogP contribution in [0.4, 0.5) is 13.2 Å². The number of Topliss-reactive ketones (excluding diaryl/α,β-unsaturated/α-hetero) is 1. The van der Waals surface area contributed by atoms with Gasteiger partial charge in [0.05, 0.1) is 6.61 Å². The molecule has 0 N–H and O–H groups in total. The van der Waals surface area contributed by atoms with Gasteiger partial charge in [0.1, 0.15) is 11.3 Å². The lowest BCUT2D eigenvalue weighted by molar-refractivity contribution is -0.139. The second-order valence-corrected chi connectivity index (χ2v) is 3.62. The second-order valence-electron chi connectivity index (χ2n) is 3.62. The number of carbonyl (C=O) groups is 1. The zero-order valence-corrected chi connectivity index (χ0v) is 9.81. The van der Waals surface area contributed by atoms with E-state index in [-0.39, 0.29) is 17.9 Å². The Hall–Kier alpha value is -1.52. The number of alkyl halides is 3. The molecule has 0 radical (unpaired) electrons. The van der Waals surface area contributed by atoms with Crippen LogP contribution in [0.3, 0.4) is 0 Å². The largest absolute Gasteiger partial charge is 0.493 e. The van der Waals surface area contributed by atoms with Crippen molar-refractivity contribution in [2.75, 3.05) is 6.61 Å². The zero-order valence-electron chi connectivity index (χ0n) is 9.81. The third-order valence-corrected chi connectivity index (χ3v) is 2.31. The minimum absolute atomic E-state index is 0.116. The normalized spacial score (nSPS) is 11.4. The third-order valence-electron chi connectivity index (χ3n) is 2.31. The molecule has 0 amide bonds. The Kier molecular flexibility index (Phi) is 3.80. The van der Waals surface area contributed by atoms with Gasteiger partial charge in [0, 0.05) is 5.56 Å². The van der Waals surface area contributed by atoms with Gasteiger partial charge in [-0.25, -0.2) is 0 Å². The van der Waals surface area contributed by atoms with Crippen LogP contribution >= 0.6 is 0 Å². The van der Waals surface area contributed by atoms with Gasteiger partial charge in [0.15, 0.2) is 5.78 Å². The van der Waals surface area contributed by atoms with Gasteiger partial charge in [0.25, 0.3) is 0 Å². The maximum absolute atomic E-state index is 12.9. The van der Waals surface area contributed by atoms with Crippen molar-refractivity contribution in [2.24, 2.45) is 0 Å². The van der Waals surface area contributed by atoms with Crippen molar-refractivity contribution in [3.8, 4) is 5.75 Å². The first-order chi connectivity index (χ1) is 7.79. The Labute approximate surface area is 97.4 Å². The number of carbonyl (C=O) groups excluding carboxylic acids is 1. The highest BCUT2D eigenvalue weighted by molar-refractivity contribution is 5.96. The van der Waals surface area contributed by atoms with E-state index in [2.05, 4.69) is 0 Å². The molecule has 5 heteroatoms. The topological polar surface area (TPSA) is 26.3 Å². The van der Waals surface area contributed by atoms with Crippen LogP contribution in [0.25, 0.3) is 0 Å². The highest BCUT2D eigenvalue weighted by Crippen LogP contribution is 2.40. The maximum atomic E-state index is 12.9. The summed E-state index contributed by atoms with van der Waals surface area (Å²) >= 11 is 0. The van der Waals surface area contributed by atoms with E-state index in [1.165, 1.54) is 19.1 Å². The lowest BCUT2D eigenvalue weighted by Gasteiger charge is -2.18. The minimum Gasteiger partial charge on any atom is -0.493 e. The number of aryl methyl sites for hydroxylation is 1. The lowest BCUT2D eigenvalue weighted by Crippen LogP contribution is -2.15. The van der Waals surface area contributed by atoms with Gasteiger partial charge in [-0.2, -0.15) is 13.2 Å². The summed E-state index contributed by atoms with van der Waals surface area (Å²) in [5.74, 6) is -0.883. The van der Waals surface area contributed by atoms with E-state index in [1.54, 1.807) is 6.92 Å². The summed E-state index contributed by atoms with van der Waals surface area (Å²) in [4.78, 5) is 11.2. The molecule has 1 aromatic rings. The molecule has 0 atom stereocenters. The van der Waals surface area contributed by atoms with Crippen LogP contribution in [0, 0.1) is 6.92 Å². The molecule has 1 rings (SSSR count). The number of hydrogen-bond donors (Lipinski definition) is 0. The molecule has 0 saturated carbocycles. The fourth-order valence-corrected chi connectivity index (χ4v) is 1.59. The Morgan fingerprint density at radius 1 is 1.35 bits per heavy atom. The van der Waals surface area contributed by atoms with E-state index in [9.17, 15) is 18.0 Å². The standard InChI is InChI=1S/C12H13F3O2/c1-4-17-11-7(2)5-6-9(8(3)16)10(11)12(13,14)15/h5-6H,4H2,1-3H3. The van der Waals surface area contributed by atoms with E-state index in [0.717, 1.165) is 6.92 Å². The number of halogens is 3. The summed E-state index contributed by atoms with van der Waals surface area (Å²) in [5, 5.41) is 0. The van der Waals surface area contributed by atoms with E-state index in [4.69, 9.17) is 4.74 Å². The molecule has 0 unspecified atom stereocenters. The molecule has 0 aliphatic carbocycles. The van der Waals surface area contributed by atoms with Gasteiger partial charge >= 0.3 is 6.18 Å². The molecule has 0 fully saturated rings. The summed E-state index contributed by atoms with van der Waals surface area (Å²) in [6, 6.07) is 2.64. The predicted molar refractivity (Wildman–Crippen MR) is 57.4 cm³/mol. The molecule has 0 bridgehead atoms. The number of benzene rings is 1. The highest BCUT2D eigenvalue weighted by atomic mass is 19.4. The van der Waals surface area contributed by atoms with Crippen molar-refractivity contribution >= 4 is 5.78 Å². The van der Waals surface area contributed by atoms with Crippen molar-refractivity contribution < 1.29 is 22.7 Å². The molecule has 94 valence electrons. The van der Waals surface area contributed by atoms with Crippen LogP contribution in [-0.2, 0) is 6.18 Å². The maximum Gasteiger partial charge on any atom is 0.420 e. The highest BCUT2D eigenvalue weighted by Gasteiger charge is 2.38. The average Bonchev–Trinajstić information content (AvgIpc) is 2.18. The van der Waals surface area contributed by atoms with Gasteiger partial charge in [0.2, 0.25) is 0 Å². The molecule has 0 aliphatic heterocycles. The molecular formula is C12H13F3O2. The van der Waals surface area contributed by atoms with Crippen LogP contribution in [0.5, 0.6) is 5.75 Å². The SMILES string of the molecule is CCOc1c(C)ccc(C(C)=O)c1C(F)(F)F. The van der Waals surface area contributed by atoms with Gasteiger partial charge in [-0.05, 0) is 26.3 Å². The number of hydrogen-bond acceptors (Lipinski definition) is 2. The lowest BCUT2D eigenvalue weighted by atomic mass is 9.99. The summed E-state index contributed by atoms with van der Waals surface area (Å²) in [7, 11) is 0. The molecule has 0 saturated heterocycles. The van der Waals surface area contributed by atoms with Crippen LogP contribution < -0.4 is 4.74 Å². The van der Waals surface area contributed by atoms with Crippen LogP contribution in [-0.4, -0.2) is 12.4 Å².